The SMILES string of the molecule is O=C1C[C@H](Cc2ccccc2)C(=O)N1. The maximum atomic E-state index is 11.3. The van der Waals surface area contributed by atoms with Gasteiger partial charge in [-0.1, -0.05) is 30.3 Å². The number of nitrogens with one attached hydrogen (secondary N) is 1. The molecule has 2 rings (SSSR count). The molecular formula is C11H11NO2. The minimum Gasteiger partial charge on any atom is -0.296 e. The number of hydrogen-bond acceptors (Lipinski definition) is 2. The van der Waals surface area contributed by atoms with Gasteiger partial charge in [0.15, 0.2) is 0 Å². The molecule has 1 aliphatic rings. The van der Waals surface area contributed by atoms with Crippen LogP contribution in [-0.4, -0.2) is 11.8 Å². The molecule has 0 spiro atoms. The highest BCUT2D eigenvalue weighted by Gasteiger charge is 2.30. The molecule has 14 heavy (non-hydrogen) atoms. The highest BCUT2D eigenvalue weighted by molar-refractivity contribution is 6.03. The van der Waals surface area contributed by atoms with Crippen LogP contribution in [-0.2, 0) is 16.0 Å². The van der Waals surface area contributed by atoms with E-state index in [-0.39, 0.29) is 17.7 Å². The maximum Gasteiger partial charge on any atom is 0.230 e. The Morgan fingerprint density at radius 1 is 1.21 bits per heavy atom. The van der Waals surface area contributed by atoms with Crippen molar-refractivity contribution >= 4 is 11.8 Å². The van der Waals surface area contributed by atoms with Gasteiger partial charge in [0.25, 0.3) is 0 Å². The molecule has 3 nitrogen and oxygen atoms in total. The van der Waals surface area contributed by atoms with Crippen molar-refractivity contribution in [2.75, 3.05) is 0 Å². The van der Waals surface area contributed by atoms with Gasteiger partial charge in [0.1, 0.15) is 0 Å². The minimum absolute atomic E-state index is 0.140. The van der Waals surface area contributed by atoms with E-state index in [1.807, 2.05) is 30.3 Å². The Bertz CT molecular complexity index is 359. The number of carbonyl (C=O) groups is 2. The first kappa shape index (κ1) is 8.94. The molecule has 72 valence electrons. The smallest absolute Gasteiger partial charge is 0.230 e. The van der Waals surface area contributed by atoms with Crippen LogP contribution >= 0.6 is 0 Å². The minimum atomic E-state index is -0.176. The Kier molecular flexibility index (Phi) is 2.31. The molecule has 1 aromatic carbocycles. The maximum absolute atomic E-state index is 11.3. The summed E-state index contributed by atoms with van der Waals surface area (Å²) in [5.74, 6) is -0.473. The normalized spacial score (nSPS) is 21.0. The molecule has 1 heterocycles. The van der Waals surface area contributed by atoms with Crippen molar-refractivity contribution in [3.8, 4) is 0 Å². The van der Waals surface area contributed by atoms with Gasteiger partial charge in [-0.2, -0.15) is 0 Å². The zero-order valence-electron chi connectivity index (χ0n) is 7.69. The summed E-state index contributed by atoms with van der Waals surface area (Å²) in [4.78, 5) is 22.2. The summed E-state index contributed by atoms with van der Waals surface area (Å²) in [5.41, 5.74) is 1.10. The molecule has 1 N–H and O–H groups in total. The van der Waals surface area contributed by atoms with E-state index < -0.39 is 0 Å². The van der Waals surface area contributed by atoms with E-state index in [1.165, 1.54) is 0 Å². The van der Waals surface area contributed by atoms with E-state index in [9.17, 15) is 9.59 Å². The second-order valence-corrected chi connectivity index (χ2v) is 3.50. The van der Waals surface area contributed by atoms with Crippen LogP contribution in [0.5, 0.6) is 0 Å². The van der Waals surface area contributed by atoms with E-state index in [2.05, 4.69) is 5.32 Å². The molecule has 0 saturated carbocycles. The van der Waals surface area contributed by atoms with Gasteiger partial charge in [-0.05, 0) is 12.0 Å². The van der Waals surface area contributed by atoms with Gasteiger partial charge < -0.3 is 0 Å². The summed E-state index contributed by atoms with van der Waals surface area (Å²) in [6.07, 6.45) is 0.978. The van der Waals surface area contributed by atoms with Crippen molar-refractivity contribution in [1.29, 1.82) is 0 Å². The monoisotopic (exact) mass is 189 g/mol. The Morgan fingerprint density at radius 2 is 1.93 bits per heavy atom. The molecule has 0 bridgehead atoms. The van der Waals surface area contributed by atoms with Gasteiger partial charge >= 0.3 is 0 Å². The van der Waals surface area contributed by atoms with E-state index >= 15 is 0 Å². The van der Waals surface area contributed by atoms with Gasteiger partial charge in [0.05, 0.1) is 5.92 Å². The van der Waals surface area contributed by atoms with Gasteiger partial charge in [-0.3, -0.25) is 14.9 Å². The van der Waals surface area contributed by atoms with Crippen molar-refractivity contribution in [2.45, 2.75) is 12.8 Å². The van der Waals surface area contributed by atoms with E-state index in [1.54, 1.807) is 0 Å². The summed E-state index contributed by atoms with van der Waals surface area (Å²) in [5, 5.41) is 2.31. The molecule has 0 aromatic heterocycles. The molecular weight excluding hydrogens is 178 g/mol. The van der Waals surface area contributed by atoms with E-state index in [4.69, 9.17) is 0 Å². The predicted molar refractivity (Wildman–Crippen MR) is 51.4 cm³/mol. The molecule has 1 fully saturated rings. The first-order valence-electron chi connectivity index (χ1n) is 4.63. The lowest BCUT2D eigenvalue weighted by atomic mass is 9.98. The van der Waals surface area contributed by atoms with Crippen LogP contribution in [0, 0.1) is 5.92 Å². The Labute approximate surface area is 82.1 Å². The van der Waals surface area contributed by atoms with Gasteiger partial charge in [-0.15, -0.1) is 0 Å². The highest BCUT2D eigenvalue weighted by atomic mass is 16.2. The molecule has 1 aromatic rings. The lowest BCUT2D eigenvalue weighted by Gasteiger charge is -2.04. The van der Waals surface area contributed by atoms with Crippen LogP contribution in [0.25, 0.3) is 0 Å². The largest absolute Gasteiger partial charge is 0.296 e. The fraction of sp³-hybridized carbons (Fsp3) is 0.273. The summed E-state index contributed by atoms with van der Waals surface area (Å²) in [6.45, 7) is 0. The lowest BCUT2D eigenvalue weighted by Crippen LogP contribution is -2.22. The molecule has 0 radical (unpaired) electrons. The summed E-state index contributed by atoms with van der Waals surface area (Å²) in [6, 6.07) is 9.74. The van der Waals surface area contributed by atoms with Crippen LogP contribution in [0.2, 0.25) is 0 Å². The molecule has 3 heteroatoms. The zero-order valence-corrected chi connectivity index (χ0v) is 7.69. The summed E-state index contributed by atoms with van der Waals surface area (Å²) >= 11 is 0. The third-order valence-electron chi connectivity index (χ3n) is 2.39. The average Bonchev–Trinajstić information content (AvgIpc) is 2.47. The molecule has 1 saturated heterocycles. The number of amides is 2. The molecule has 0 aliphatic carbocycles. The van der Waals surface area contributed by atoms with Gasteiger partial charge in [0, 0.05) is 6.42 Å². The average molecular weight is 189 g/mol. The number of carbonyl (C=O) groups excluding carboxylic acids is 2. The van der Waals surface area contributed by atoms with Gasteiger partial charge in [0.2, 0.25) is 11.8 Å². The summed E-state index contributed by atoms with van der Waals surface area (Å²) in [7, 11) is 0. The third kappa shape index (κ3) is 1.82. The summed E-state index contributed by atoms with van der Waals surface area (Å²) < 4.78 is 0. The number of rotatable bonds is 2. The van der Waals surface area contributed by atoms with Gasteiger partial charge in [-0.25, -0.2) is 0 Å². The van der Waals surface area contributed by atoms with Crippen LogP contribution in [0.3, 0.4) is 0 Å². The fourth-order valence-corrected chi connectivity index (χ4v) is 1.67. The second-order valence-electron chi connectivity index (χ2n) is 3.50. The quantitative estimate of drug-likeness (QED) is 0.702. The molecule has 1 aliphatic heterocycles. The number of benzene rings is 1. The van der Waals surface area contributed by atoms with Crippen molar-refractivity contribution in [3.63, 3.8) is 0 Å². The van der Waals surface area contributed by atoms with Crippen molar-refractivity contribution in [2.24, 2.45) is 5.92 Å². The molecule has 0 unspecified atom stereocenters. The van der Waals surface area contributed by atoms with Crippen molar-refractivity contribution < 1.29 is 9.59 Å². The fourth-order valence-electron chi connectivity index (χ4n) is 1.67. The first-order chi connectivity index (χ1) is 6.75. The van der Waals surface area contributed by atoms with Crippen LogP contribution in [0.4, 0.5) is 0 Å². The number of hydrogen-bond donors (Lipinski definition) is 1. The van der Waals surface area contributed by atoms with Crippen LogP contribution in [0.1, 0.15) is 12.0 Å². The van der Waals surface area contributed by atoms with E-state index in [0.29, 0.717) is 12.8 Å². The molecule has 2 amide bonds. The predicted octanol–water partition coefficient (Wildman–Crippen LogP) is 0.892. The van der Waals surface area contributed by atoms with Crippen molar-refractivity contribution in [1.82, 2.24) is 5.32 Å². The Hall–Kier alpha value is -1.64. The molecule has 1 atom stereocenters. The topological polar surface area (TPSA) is 46.2 Å². The Morgan fingerprint density at radius 3 is 2.50 bits per heavy atom. The van der Waals surface area contributed by atoms with Crippen LogP contribution in [0.15, 0.2) is 30.3 Å². The first-order valence-corrected chi connectivity index (χ1v) is 4.63. The van der Waals surface area contributed by atoms with Crippen LogP contribution < -0.4 is 5.32 Å². The Balaban J connectivity index is 2.05. The number of imide groups is 1. The second kappa shape index (κ2) is 3.62. The third-order valence-corrected chi connectivity index (χ3v) is 2.39. The van der Waals surface area contributed by atoms with Crippen molar-refractivity contribution in [3.05, 3.63) is 35.9 Å². The highest BCUT2D eigenvalue weighted by Crippen LogP contribution is 2.16. The lowest BCUT2D eigenvalue weighted by molar-refractivity contribution is -0.125. The zero-order chi connectivity index (χ0) is 9.97. The standard InChI is InChI=1S/C11H11NO2/c13-10-7-9(11(14)12-10)6-8-4-2-1-3-5-8/h1-5,9H,6-7H2,(H,12,13,14)/t9-/m0/s1. The van der Waals surface area contributed by atoms with E-state index in [0.717, 1.165) is 5.56 Å².